The smallest absolute Gasteiger partial charge is 0.364 e. The zero-order valence-electron chi connectivity index (χ0n) is 12.7. The van der Waals surface area contributed by atoms with Crippen molar-refractivity contribution < 1.29 is 44.6 Å². The third kappa shape index (κ3) is 4.07. The minimum Gasteiger partial charge on any atom is -0.477 e. The third-order valence-electron chi connectivity index (χ3n) is 3.67. The van der Waals surface area contributed by atoms with Gasteiger partial charge in [-0.1, -0.05) is 0 Å². The molecule has 7 N–H and O–H groups in total. The van der Waals surface area contributed by atoms with E-state index in [-0.39, 0.29) is 0 Å². The molecule has 1 rings (SSSR count). The molecule has 0 aromatic rings. The Bertz CT molecular complexity index is 435. The van der Waals surface area contributed by atoms with Crippen molar-refractivity contribution in [3.8, 4) is 0 Å². The summed E-state index contributed by atoms with van der Waals surface area (Å²) >= 11 is 0. The van der Waals surface area contributed by atoms with Crippen molar-refractivity contribution in [2.75, 3.05) is 20.8 Å². The number of rotatable bonds is 6. The van der Waals surface area contributed by atoms with Crippen molar-refractivity contribution in [3.05, 3.63) is 0 Å². The van der Waals surface area contributed by atoms with Crippen LogP contribution in [0.3, 0.4) is 0 Å². The average Bonchev–Trinajstić information content (AvgIpc) is 2.54. The Morgan fingerprint density at radius 3 is 2.48 bits per heavy atom. The van der Waals surface area contributed by atoms with E-state index < -0.39 is 61.3 Å². The van der Waals surface area contributed by atoms with Gasteiger partial charge in [-0.05, 0) is 0 Å². The number of aliphatic carboxylic acids is 1. The Balaban J connectivity index is 3.14. The molecule has 1 saturated heterocycles. The lowest BCUT2D eigenvalue weighted by molar-refractivity contribution is -0.303. The summed E-state index contributed by atoms with van der Waals surface area (Å²) in [4.78, 5) is 22.9. The van der Waals surface area contributed by atoms with Crippen LogP contribution in [0.4, 0.5) is 4.79 Å². The van der Waals surface area contributed by atoms with E-state index in [2.05, 4.69) is 10.6 Å². The molecule has 11 nitrogen and oxygen atoms in total. The Hall–Kier alpha value is -1.50. The molecule has 0 radical (unpaired) electrons. The fourth-order valence-electron chi connectivity index (χ4n) is 2.33. The quantitative estimate of drug-likeness (QED) is 0.260. The fourth-order valence-corrected chi connectivity index (χ4v) is 2.33. The van der Waals surface area contributed by atoms with E-state index in [4.69, 9.17) is 14.6 Å². The van der Waals surface area contributed by atoms with Crippen LogP contribution in [0.5, 0.6) is 0 Å². The van der Waals surface area contributed by atoms with Gasteiger partial charge in [0.2, 0.25) is 0 Å². The summed E-state index contributed by atoms with van der Waals surface area (Å²) in [5.41, 5.74) is 0. The van der Waals surface area contributed by atoms with Gasteiger partial charge in [0.25, 0.3) is 5.79 Å². The van der Waals surface area contributed by atoms with E-state index in [1.54, 1.807) is 0 Å². The fraction of sp³-hybridized carbons (Fsp3) is 0.833. The maximum absolute atomic E-state index is 11.5. The van der Waals surface area contributed by atoms with Gasteiger partial charge >= 0.3 is 12.0 Å². The van der Waals surface area contributed by atoms with Gasteiger partial charge in [-0.3, -0.25) is 0 Å². The number of carbonyl (C=O) groups is 2. The maximum Gasteiger partial charge on any atom is 0.364 e. The van der Waals surface area contributed by atoms with Gasteiger partial charge in [0.05, 0.1) is 18.8 Å². The van der Waals surface area contributed by atoms with Crippen LogP contribution >= 0.6 is 0 Å². The number of carbonyl (C=O) groups excluding carboxylic acids is 1. The number of carboxylic acid groups (broad SMARTS) is 1. The zero-order valence-corrected chi connectivity index (χ0v) is 12.7. The maximum atomic E-state index is 11.5. The lowest BCUT2D eigenvalue weighted by atomic mass is 9.88. The highest BCUT2D eigenvalue weighted by molar-refractivity contribution is 5.76. The van der Waals surface area contributed by atoms with E-state index in [9.17, 15) is 30.0 Å². The first-order valence-corrected chi connectivity index (χ1v) is 6.82. The molecule has 1 aliphatic heterocycles. The molecular weight excluding hydrogens is 316 g/mol. The zero-order chi connectivity index (χ0) is 17.8. The number of hydrogen-bond acceptors (Lipinski definition) is 8. The molecule has 0 aliphatic carbocycles. The predicted molar refractivity (Wildman–Crippen MR) is 73.4 cm³/mol. The van der Waals surface area contributed by atoms with Crippen LogP contribution in [0.25, 0.3) is 0 Å². The van der Waals surface area contributed by atoms with Gasteiger partial charge in [0, 0.05) is 20.6 Å². The monoisotopic (exact) mass is 338 g/mol. The number of aliphatic hydroxyl groups excluding tert-OH is 4. The summed E-state index contributed by atoms with van der Waals surface area (Å²) in [6.07, 6.45) is -6.99. The molecule has 23 heavy (non-hydrogen) atoms. The second-order valence-electron chi connectivity index (χ2n) is 5.11. The van der Waals surface area contributed by atoms with Crippen molar-refractivity contribution in [2.24, 2.45) is 0 Å². The Morgan fingerprint density at radius 2 is 2.04 bits per heavy atom. The van der Waals surface area contributed by atoms with Crippen LogP contribution in [0.15, 0.2) is 0 Å². The van der Waals surface area contributed by atoms with E-state index >= 15 is 0 Å². The third-order valence-corrected chi connectivity index (χ3v) is 3.67. The summed E-state index contributed by atoms with van der Waals surface area (Å²) in [6, 6.07) is -1.96. The second kappa shape index (κ2) is 7.86. The average molecular weight is 338 g/mol. The van der Waals surface area contributed by atoms with Gasteiger partial charge in [0.15, 0.2) is 0 Å². The number of ether oxygens (including phenoxy) is 2. The summed E-state index contributed by atoms with van der Waals surface area (Å²) in [5, 5.41) is 52.6. The molecular formula is C12H22N2O9. The van der Waals surface area contributed by atoms with Crippen LogP contribution in [-0.4, -0.2) is 94.5 Å². The largest absolute Gasteiger partial charge is 0.477 e. The van der Waals surface area contributed by atoms with E-state index in [1.165, 1.54) is 7.05 Å². The first-order chi connectivity index (χ1) is 10.7. The number of carboxylic acids is 1. The molecule has 0 saturated carbocycles. The molecule has 11 heteroatoms. The number of methoxy groups -OCH3 is 1. The van der Waals surface area contributed by atoms with Crippen molar-refractivity contribution in [2.45, 2.75) is 42.7 Å². The minimum absolute atomic E-state index is 0.522. The molecule has 0 spiro atoms. The molecule has 134 valence electrons. The van der Waals surface area contributed by atoms with Gasteiger partial charge in [-0.25, -0.2) is 9.59 Å². The molecule has 0 bridgehead atoms. The van der Waals surface area contributed by atoms with E-state index in [1.807, 2.05) is 0 Å². The van der Waals surface area contributed by atoms with Crippen LogP contribution in [-0.2, 0) is 14.3 Å². The highest BCUT2D eigenvalue weighted by atomic mass is 16.7. The molecule has 1 heterocycles. The first-order valence-electron chi connectivity index (χ1n) is 6.82. The highest BCUT2D eigenvalue weighted by Crippen LogP contribution is 2.32. The van der Waals surface area contributed by atoms with Crippen molar-refractivity contribution in [1.82, 2.24) is 10.6 Å². The molecule has 1 fully saturated rings. The standard InChI is InChI=1S/C12H22N2O9/c1-13-11(21)14-7-5(16)3-12(22-2,10(19)20)23-9(7)8(18)6(17)4-15/h5-9,15-18H,3-4H2,1-2H3,(H,19,20)(H2,13,14,21)/t5-,6+,7+,8+,9+,12+/m0/s1. The Kier molecular flexibility index (Phi) is 6.68. The Labute approximate surface area is 131 Å². The van der Waals surface area contributed by atoms with Crippen molar-refractivity contribution in [1.29, 1.82) is 0 Å². The van der Waals surface area contributed by atoms with Crippen molar-refractivity contribution in [3.63, 3.8) is 0 Å². The molecule has 0 aromatic heterocycles. The number of urea groups is 1. The molecule has 6 atom stereocenters. The summed E-state index contributed by atoms with van der Waals surface area (Å²) in [5.74, 6) is -3.81. The normalized spacial score (nSPS) is 33.6. The van der Waals surface area contributed by atoms with Gasteiger partial charge < -0.3 is 45.6 Å². The molecule has 0 unspecified atom stereocenters. The lowest BCUT2D eigenvalue weighted by Crippen LogP contribution is -2.68. The topological polar surface area (TPSA) is 178 Å². The van der Waals surface area contributed by atoms with Crippen LogP contribution in [0.2, 0.25) is 0 Å². The first kappa shape index (κ1) is 19.5. The highest BCUT2D eigenvalue weighted by Gasteiger charge is 2.55. The van der Waals surface area contributed by atoms with Crippen molar-refractivity contribution >= 4 is 12.0 Å². The minimum atomic E-state index is -2.26. The summed E-state index contributed by atoms with van der Waals surface area (Å²) in [6.45, 7) is -0.836. The summed E-state index contributed by atoms with van der Waals surface area (Å²) < 4.78 is 10.1. The van der Waals surface area contributed by atoms with E-state index in [0.29, 0.717) is 0 Å². The number of amides is 2. The van der Waals surface area contributed by atoms with Gasteiger partial charge in [0.1, 0.15) is 18.3 Å². The summed E-state index contributed by atoms with van der Waals surface area (Å²) in [7, 11) is 2.36. The number of hydrogen-bond donors (Lipinski definition) is 7. The molecule has 2 amide bonds. The van der Waals surface area contributed by atoms with Gasteiger partial charge in [-0.2, -0.15) is 0 Å². The predicted octanol–water partition coefficient (Wildman–Crippen LogP) is -3.42. The molecule has 0 aromatic carbocycles. The van der Waals surface area contributed by atoms with Crippen LogP contribution < -0.4 is 10.6 Å². The Morgan fingerprint density at radius 1 is 1.43 bits per heavy atom. The van der Waals surface area contributed by atoms with Gasteiger partial charge in [-0.15, -0.1) is 0 Å². The van der Waals surface area contributed by atoms with Crippen LogP contribution in [0, 0.1) is 0 Å². The molecule has 1 aliphatic rings. The van der Waals surface area contributed by atoms with E-state index in [0.717, 1.165) is 7.11 Å². The lowest BCUT2D eigenvalue weighted by Gasteiger charge is -2.46. The number of nitrogens with one attached hydrogen (secondary N) is 2. The van der Waals surface area contributed by atoms with Crippen LogP contribution in [0.1, 0.15) is 6.42 Å². The SMILES string of the molecule is CNC(=O)N[C@H]1[C@H]([C@H](O)[C@H](O)CO)O[C@@](OC)(C(=O)O)C[C@@H]1O. The number of aliphatic hydroxyl groups is 4. The second-order valence-corrected chi connectivity index (χ2v) is 5.11.